The van der Waals surface area contributed by atoms with Crippen LogP contribution in [0.5, 0.6) is 0 Å². The molecule has 0 unspecified atom stereocenters. The number of carbonyl (C=O) groups is 1. The molecule has 32 heavy (non-hydrogen) atoms. The zero-order chi connectivity index (χ0) is 23.3. The van der Waals surface area contributed by atoms with Gasteiger partial charge in [0.1, 0.15) is 5.82 Å². The Morgan fingerprint density at radius 3 is 2.31 bits per heavy atom. The summed E-state index contributed by atoms with van der Waals surface area (Å²) in [5, 5.41) is 13.7. The van der Waals surface area contributed by atoms with Gasteiger partial charge in [0.25, 0.3) is 5.69 Å². The fourth-order valence-corrected chi connectivity index (χ4v) is 4.46. The third-order valence-corrected chi connectivity index (χ3v) is 6.56. The Bertz CT molecular complexity index is 1230. The highest BCUT2D eigenvalue weighted by Crippen LogP contribution is 2.25. The van der Waals surface area contributed by atoms with E-state index in [2.05, 4.69) is 5.32 Å². The van der Waals surface area contributed by atoms with Crippen molar-refractivity contribution in [1.82, 2.24) is 4.31 Å². The number of nitro benzene ring substituents is 1. The summed E-state index contributed by atoms with van der Waals surface area (Å²) < 4.78 is 40.6. The molecule has 0 aliphatic heterocycles. The van der Waals surface area contributed by atoms with Gasteiger partial charge in [0.05, 0.1) is 27.6 Å². The zero-order valence-corrected chi connectivity index (χ0v) is 17.9. The molecule has 0 aromatic heterocycles. The summed E-state index contributed by atoms with van der Waals surface area (Å²) in [6.07, 6.45) is 0. The molecule has 0 saturated carbocycles. The monoisotopic (exact) mass is 457 g/mol. The number of nitrogens with zero attached hydrogens (tertiary/aromatic N) is 2. The Kier molecular flexibility index (Phi) is 6.96. The minimum absolute atomic E-state index is 0.0953. The number of benzene rings is 3. The van der Waals surface area contributed by atoms with Gasteiger partial charge in [-0.1, -0.05) is 36.4 Å². The van der Waals surface area contributed by atoms with Crippen LogP contribution in [0.1, 0.15) is 11.1 Å². The Morgan fingerprint density at radius 2 is 1.69 bits per heavy atom. The molecular formula is C22H20FN3O5S. The zero-order valence-electron chi connectivity index (χ0n) is 17.1. The largest absolute Gasteiger partial charge is 0.324 e. The van der Waals surface area contributed by atoms with E-state index in [0.717, 1.165) is 28.6 Å². The fraction of sp³-hybridized carbons (Fsp3) is 0.136. The maximum absolute atomic E-state index is 13.3. The number of nitrogens with one attached hydrogen (secondary N) is 1. The van der Waals surface area contributed by atoms with E-state index in [1.165, 1.54) is 25.1 Å². The highest BCUT2D eigenvalue weighted by molar-refractivity contribution is 7.89. The minimum Gasteiger partial charge on any atom is -0.324 e. The number of anilines is 1. The van der Waals surface area contributed by atoms with E-state index in [4.69, 9.17) is 0 Å². The summed E-state index contributed by atoms with van der Waals surface area (Å²) in [5.41, 5.74) is 0.949. The minimum atomic E-state index is -4.14. The van der Waals surface area contributed by atoms with Crippen molar-refractivity contribution in [1.29, 1.82) is 0 Å². The number of nitro groups is 1. The fourth-order valence-electron chi connectivity index (χ4n) is 3.08. The van der Waals surface area contributed by atoms with Crippen LogP contribution in [0.4, 0.5) is 15.8 Å². The Hall–Kier alpha value is -3.63. The topological polar surface area (TPSA) is 110 Å². The number of halogens is 1. The van der Waals surface area contributed by atoms with Crippen LogP contribution in [0.2, 0.25) is 0 Å². The summed E-state index contributed by atoms with van der Waals surface area (Å²) in [6.45, 7) is 0.851. The molecule has 166 valence electrons. The van der Waals surface area contributed by atoms with Crippen LogP contribution in [0.3, 0.4) is 0 Å². The van der Waals surface area contributed by atoms with Gasteiger partial charge >= 0.3 is 0 Å². The van der Waals surface area contributed by atoms with Crippen LogP contribution in [-0.2, 0) is 21.4 Å². The van der Waals surface area contributed by atoms with Gasteiger partial charge in [-0.15, -0.1) is 0 Å². The van der Waals surface area contributed by atoms with Crippen molar-refractivity contribution in [2.45, 2.75) is 18.4 Å². The van der Waals surface area contributed by atoms with E-state index < -0.39 is 33.2 Å². The molecule has 0 spiro atoms. The molecule has 0 aliphatic carbocycles. The lowest BCUT2D eigenvalue weighted by atomic mass is 10.1. The summed E-state index contributed by atoms with van der Waals surface area (Å²) in [4.78, 5) is 23.1. The average molecular weight is 457 g/mol. The van der Waals surface area contributed by atoms with Gasteiger partial charge in [0.2, 0.25) is 15.9 Å². The van der Waals surface area contributed by atoms with E-state index in [0.29, 0.717) is 5.56 Å². The van der Waals surface area contributed by atoms with Crippen LogP contribution in [-0.4, -0.2) is 30.1 Å². The molecule has 0 aliphatic rings. The molecule has 1 N–H and O–H groups in total. The Morgan fingerprint density at radius 1 is 1.03 bits per heavy atom. The lowest BCUT2D eigenvalue weighted by Gasteiger charge is -2.22. The number of hydrogen-bond donors (Lipinski definition) is 1. The number of hydrogen-bond acceptors (Lipinski definition) is 5. The van der Waals surface area contributed by atoms with Crippen molar-refractivity contribution >= 4 is 27.3 Å². The molecular weight excluding hydrogens is 437 g/mol. The van der Waals surface area contributed by atoms with Gasteiger partial charge in [-0.2, -0.15) is 4.31 Å². The van der Waals surface area contributed by atoms with Crippen LogP contribution in [0, 0.1) is 22.9 Å². The first kappa shape index (κ1) is 23.0. The predicted octanol–water partition coefficient (Wildman–Crippen LogP) is 3.87. The third-order valence-electron chi connectivity index (χ3n) is 4.75. The molecule has 0 atom stereocenters. The van der Waals surface area contributed by atoms with Crippen LogP contribution in [0.25, 0.3) is 0 Å². The second-order valence-corrected chi connectivity index (χ2v) is 8.91. The van der Waals surface area contributed by atoms with Crippen molar-refractivity contribution in [3.05, 3.63) is 99.9 Å². The maximum atomic E-state index is 13.3. The molecule has 0 radical (unpaired) electrons. The van der Waals surface area contributed by atoms with Crippen molar-refractivity contribution in [3.8, 4) is 0 Å². The van der Waals surface area contributed by atoms with Gasteiger partial charge < -0.3 is 5.32 Å². The number of carbonyl (C=O) groups excluding carboxylic acids is 1. The summed E-state index contributed by atoms with van der Waals surface area (Å²) in [5.74, 6) is -1.26. The molecule has 3 aromatic carbocycles. The van der Waals surface area contributed by atoms with E-state index in [-0.39, 0.29) is 28.4 Å². The molecule has 8 nitrogen and oxygen atoms in total. The van der Waals surface area contributed by atoms with Gasteiger partial charge in [-0.3, -0.25) is 14.9 Å². The average Bonchev–Trinajstić information content (AvgIpc) is 2.75. The highest BCUT2D eigenvalue weighted by atomic mass is 32.2. The predicted molar refractivity (Wildman–Crippen MR) is 117 cm³/mol. The molecule has 3 rings (SSSR count). The van der Waals surface area contributed by atoms with E-state index in [1.54, 1.807) is 30.3 Å². The van der Waals surface area contributed by atoms with Gasteiger partial charge in [0, 0.05) is 12.6 Å². The summed E-state index contributed by atoms with van der Waals surface area (Å²) in [7, 11) is -4.14. The van der Waals surface area contributed by atoms with Crippen LogP contribution >= 0.6 is 0 Å². The summed E-state index contributed by atoms with van der Waals surface area (Å²) in [6, 6.07) is 17.2. The van der Waals surface area contributed by atoms with Gasteiger partial charge in [-0.05, 0) is 42.8 Å². The van der Waals surface area contributed by atoms with Crippen molar-refractivity contribution in [2.75, 3.05) is 11.9 Å². The van der Waals surface area contributed by atoms with Gasteiger partial charge in [0.15, 0.2) is 0 Å². The number of rotatable bonds is 8. The highest BCUT2D eigenvalue weighted by Gasteiger charge is 2.27. The molecule has 0 saturated heterocycles. The third kappa shape index (κ3) is 5.34. The van der Waals surface area contributed by atoms with Crippen molar-refractivity contribution in [2.24, 2.45) is 0 Å². The van der Waals surface area contributed by atoms with E-state index in [1.807, 2.05) is 0 Å². The lowest BCUT2D eigenvalue weighted by molar-refractivity contribution is -0.385. The van der Waals surface area contributed by atoms with Crippen LogP contribution in [0.15, 0.2) is 77.7 Å². The summed E-state index contributed by atoms with van der Waals surface area (Å²) >= 11 is 0. The van der Waals surface area contributed by atoms with E-state index in [9.17, 15) is 27.7 Å². The lowest BCUT2D eigenvalue weighted by Crippen LogP contribution is -2.37. The molecule has 3 aromatic rings. The first-order valence-electron chi connectivity index (χ1n) is 9.52. The van der Waals surface area contributed by atoms with E-state index >= 15 is 0 Å². The quantitative estimate of drug-likeness (QED) is 0.408. The molecule has 0 heterocycles. The normalized spacial score (nSPS) is 11.3. The molecule has 0 fully saturated rings. The molecule has 0 bridgehead atoms. The first-order chi connectivity index (χ1) is 15.2. The van der Waals surface area contributed by atoms with Gasteiger partial charge in [-0.25, -0.2) is 12.8 Å². The standard InChI is InChI=1S/C22H20FN3O5S/c1-16-20(8-5-9-21(16)26(28)29)24-22(27)15-25(14-17-6-3-2-4-7-17)32(30,31)19-12-10-18(23)11-13-19/h2-13H,14-15H2,1H3,(H,24,27). The second kappa shape index (κ2) is 9.67. The van der Waals surface area contributed by atoms with Crippen molar-refractivity contribution in [3.63, 3.8) is 0 Å². The molecule has 10 heteroatoms. The number of sulfonamides is 1. The Balaban J connectivity index is 1.89. The number of amides is 1. The SMILES string of the molecule is Cc1c(NC(=O)CN(Cc2ccccc2)S(=O)(=O)c2ccc(F)cc2)cccc1[N+](=O)[O-]. The Labute approximate surface area is 184 Å². The smallest absolute Gasteiger partial charge is 0.274 e. The second-order valence-electron chi connectivity index (χ2n) is 6.97. The maximum Gasteiger partial charge on any atom is 0.274 e. The van der Waals surface area contributed by atoms with Crippen LogP contribution < -0.4 is 5.32 Å². The first-order valence-corrected chi connectivity index (χ1v) is 11.0. The molecule has 1 amide bonds. The van der Waals surface area contributed by atoms with Crippen molar-refractivity contribution < 1.29 is 22.5 Å².